The van der Waals surface area contributed by atoms with E-state index in [-0.39, 0.29) is 0 Å². The quantitative estimate of drug-likeness (QED) is 0.734. The molecule has 0 aliphatic heterocycles. The van der Waals surface area contributed by atoms with Crippen LogP contribution in [-0.2, 0) is 6.42 Å². The van der Waals surface area contributed by atoms with Crippen molar-refractivity contribution in [3.8, 4) is 0 Å². The molecular weight excluding hydrogens is 206 g/mol. The lowest BCUT2D eigenvalue weighted by atomic mass is 9.87. The zero-order valence-corrected chi connectivity index (χ0v) is 9.50. The SMILES string of the molecule is O=Cc1csc(CC2CC3CCC2C3)n1. The van der Waals surface area contributed by atoms with Crippen molar-refractivity contribution >= 4 is 17.6 Å². The summed E-state index contributed by atoms with van der Waals surface area (Å²) in [5, 5.41) is 3.03. The van der Waals surface area contributed by atoms with Gasteiger partial charge in [0.1, 0.15) is 5.69 Å². The Labute approximate surface area is 93.7 Å². The first-order valence-electron chi connectivity index (χ1n) is 5.74. The summed E-state index contributed by atoms with van der Waals surface area (Å²) in [7, 11) is 0. The normalized spacial score (nSPS) is 33.5. The van der Waals surface area contributed by atoms with Crippen molar-refractivity contribution in [2.75, 3.05) is 0 Å². The molecule has 3 heteroatoms. The standard InChI is InChI=1S/C12H15NOS/c14-6-11-7-15-12(13-11)5-10-4-8-1-2-9(10)3-8/h6-10H,1-5H2. The maximum absolute atomic E-state index is 10.5. The fourth-order valence-electron chi connectivity index (χ4n) is 3.32. The molecule has 2 fully saturated rings. The maximum Gasteiger partial charge on any atom is 0.169 e. The number of aromatic nitrogens is 1. The molecule has 3 atom stereocenters. The van der Waals surface area contributed by atoms with Crippen LogP contribution >= 0.6 is 11.3 Å². The highest BCUT2D eigenvalue weighted by molar-refractivity contribution is 7.09. The highest BCUT2D eigenvalue weighted by Crippen LogP contribution is 2.49. The molecule has 2 aliphatic rings. The molecule has 2 bridgehead atoms. The molecule has 0 N–H and O–H groups in total. The van der Waals surface area contributed by atoms with Crippen molar-refractivity contribution in [1.29, 1.82) is 0 Å². The highest BCUT2D eigenvalue weighted by atomic mass is 32.1. The van der Waals surface area contributed by atoms with E-state index in [1.54, 1.807) is 11.3 Å². The van der Waals surface area contributed by atoms with Crippen LogP contribution in [0.25, 0.3) is 0 Å². The van der Waals surface area contributed by atoms with Crippen LogP contribution in [0, 0.1) is 17.8 Å². The molecule has 0 amide bonds. The van der Waals surface area contributed by atoms with Crippen molar-refractivity contribution in [2.24, 2.45) is 17.8 Å². The zero-order valence-electron chi connectivity index (χ0n) is 8.69. The average molecular weight is 221 g/mol. The van der Waals surface area contributed by atoms with Crippen LogP contribution in [0.1, 0.15) is 41.2 Å². The summed E-state index contributed by atoms with van der Waals surface area (Å²) in [6.07, 6.45) is 7.71. The molecule has 0 radical (unpaired) electrons. The van der Waals surface area contributed by atoms with E-state index in [0.29, 0.717) is 5.69 Å². The molecule has 1 aromatic heterocycles. The van der Waals surface area contributed by atoms with E-state index < -0.39 is 0 Å². The molecule has 1 heterocycles. The van der Waals surface area contributed by atoms with Gasteiger partial charge < -0.3 is 0 Å². The number of thiazole rings is 1. The van der Waals surface area contributed by atoms with Crippen molar-refractivity contribution in [1.82, 2.24) is 4.98 Å². The third-order valence-corrected chi connectivity index (χ3v) is 4.90. The third-order valence-electron chi connectivity index (χ3n) is 4.01. The molecule has 3 unspecified atom stereocenters. The molecule has 1 aromatic rings. The molecule has 3 rings (SSSR count). The number of aldehydes is 1. The summed E-state index contributed by atoms with van der Waals surface area (Å²) >= 11 is 1.65. The van der Waals surface area contributed by atoms with Gasteiger partial charge >= 0.3 is 0 Å². The topological polar surface area (TPSA) is 30.0 Å². The Balaban J connectivity index is 1.68. The van der Waals surface area contributed by atoms with E-state index >= 15 is 0 Å². The van der Waals surface area contributed by atoms with E-state index in [9.17, 15) is 4.79 Å². The second-order valence-electron chi connectivity index (χ2n) is 4.92. The maximum atomic E-state index is 10.5. The Hall–Kier alpha value is -0.700. The minimum atomic E-state index is 0.609. The van der Waals surface area contributed by atoms with Gasteiger partial charge in [-0.1, -0.05) is 6.42 Å². The van der Waals surface area contributed by atoms with E-state index in [1.807, 2.05) is 5.38 Å². The smallest absolute Gasteiger partial charge is 0.169 e. The second-order valence-corrected chi connectivity index (χ2v) is 5.87. The van der Waals surface area contributed by atoms with Gasteiger partial charge in [-0.25, -0.2) is 4.98 Å². The van der Waals surface area contributed by atoms with Gasteiger partial charge in [-0.05, 0) is 37.0 Å². The lowest BCUT2D eigenvalue weighted by Gasteiger charge is -2.20. The molecule has 2 saturated carbocycles. The minimum Gasteiger partial charge on any atom is -0.296 e. The number of carbonyl (C=O) groups is 1. The van der Waals surface area contributed by atoms with Crippen LogP contribution in [0.3, 0.4) is 0 Å². The number of hydrogen-bond donors (Lipinski definition) is 0. The Morgan fingerprint density at radius 3 is 3.00 bits per heavy atom. The summed E-state index contributed by atoms with van der Waals surface area (Å²) in [4.78, 5) is 14.9. The molecule has 0 spiro atoms. The molecule has 2 aliphatic carbocycles. The molecule has 0 saturated heterocycles. The molecule has 15 heavy (non-hydrogen) atoms. The largest absolute Gasteiger partial charge is 0.296 e. The number of carbonyl (C=O) groups excluding carboxylic acids is 1. The Kier molecular flexibility index (Phi) is 2.35. The van der Waals surface area contributed by atoms with Gasteiger partial charge in [-0.15, -0.1) is 11.3 Å². The minimum absolute atomic E-state index is 0.609. The Morgan fingerprint density at radius 1 is 1.47 bits per heavy atom. The van der Waals surface area contributed by atoms with E-state index in [1.165, 1.54) is 25.7 Å². The zero-order chi connectivity index (χ0) is 10.3. The number of fused-ring (bicyclic) bond motifs is 2. The third kappa shape index (κ3) is 1.73. The van der Waals surface area contributed by atoms with Gasteiger partial charge in [0.15, 0.2) is 6.29 Å². The fraction of sp³-hybridized carbons (Fsp3) is 0.667. The lowest BCUT2D eigenvalue weighted by Crippen LogP contribution is -2.12. The van der Waals surface area contributed by atoms with Crippen LogP contribution < -0.4 is 0 Å². The van der Waals surface area contributed by atoms with Crippen molar-refractivity contribution < 1.29 is 4.79 Å². The summed E-state index contributed by atoms with van der Waals surface area (Å²) in [6, 6.07) is 0. The first-order valence-corrected chi connectivity index (χ1v) is 6.62. The van der Waals surface area contributed by atoms with E-state index in [2.05, 4.69) is 4.98 Å². The van der Waals surface area contributed by atoms with Crippen molar-refractivity contribution in [2.45, 2.75) is 32.1 Å². The number of nitrogens with zero attached hydrogens (tertiary/aromatic N) is 1. The molecule has 2 nitrogen and oxygen atoms in total. The van der Waals surface area contributed by atoms with Crippen LogP contribution in [0.5, 0.6) is 0 Å². The first-order chi connectivity index (χ1) is 7.35. The van der Waals surface area contributed by atoms with Gasteiger partial charge in [0, 0.05) is 11.8 Å². The predicted molar refractivity (Wildman–Crippen MR) is 60.1 cm³/mol. The summed E-state index contributed by atoms with van der Waals surface area (Å²) in [5.74, 6) is 2.82. The van der Waals surface area contributed by atoms with Gasteiger partial charge in [0.2, 0.25) is 0 Å². The molecular formula is C12H15NOS. The number of hydrogen-bond acceptors (Lipinski definition) is 3. The second kappa shape index (κ2) is 3.71. The highest BCUT2D eigenvalue weighted by Gasteiger charge is 2.39. The van der Waals surface area contributed by atoms with Gasteiger partial charge in [-0.2, -0.15) is 0 Å². The van der Waals surface area contributed by atoms with Crippen LogP contribution in [0.15, 0.2) is 5.38 Å². The molecule has 80 valence electrons. The van der Waals surface area contributed by atoms with Gasteiger partial charge in [-0.3, -0.25) is 4.79 Å². The van der Waals surface area contributed by atoms with Crippen molar-refractivity contribution in [3.05, 3.63) is 16.1 Å². The van der Waals surface area contributed by atoms with E-state index in [0.717, 1.165) is 35.5 Å². The van der Waals surface area contributed by atoms with E-state index in [4.69, 9.17) is 0 Å². The van der Waals surface area contributed by atoms with Crippen LogP contribution in [0.2, 0.25) is 0 Å². The molecule has 0 aromatic carbocycles. The lowest BCUT2D eigenvalue weighted by molar-refractivity contribution is 0.111. The fourth-order valence-corrected chi connectivity index (χ4v) is 4.16. The first kappa shape index (κ1) is 9.52. The van der Waals surface area contributed by atoms with Gasteiger partial charge in [0.25, 0.3) is 0 Å². The Morgan fingerprint density at radius 2 is 2.40 bits per heavy atom. The monoisotopic (exact) mass is 221 g/mol. The van der Waals surface area contributed by atoms with Gasteiger partial charge in [0.05, 0.1) is 5.01 Å². The van der Waals surface area contributed by atoms with Crippen molar-refractivity contribution in [3.63, 3.8) is 0 Å². The summed E-state index contributed by atoms with van der Waals surface area (Å²) < 4.78 is 0. The Bertz CT molecular complexity index is 373. The number of rotatable bonds is 3. The van der Waals surface area contributed by atoms with Crippen LogP contribution in [-0.4, -0.2) is 11.3 Å². The average Bonchev–Trinajstić information content (AvgIpc) is 2.92. The summed E-state index contributed by atoms with van der Waals surface area (Å²) in [6.45, 7) is 0. The predicted octanol–water partition coefficient (Wildman–Crippen LogP) is 2.93. The van der Waals surface area contributed by atoms with Crippen LogP contribution in [0.4, 0.5) is 0 Å². The summed E-state index contributed by atoms with van der Waals surface area (Å²) in [5.41, 5.74) is 0.609.